The van der Waals surface area contributed by atoms with E-state index in [-0.39, 0.29) is 5.60 Å². The van der Waals surface area contributed by atoms with Crippen molar-refractivity contribution in [1.82, 2.24) is 5.32 Å². The maximum atomic E-state index is 9.15. The highest BCUT2D eigenvalue weighted by Crippen LogP contribution is 2.12. The third-order valence-electron chi connectivity index (χ3n) is 2.98. The normalized spacial score (nSPS) is 11.7. The van der Waals surface area contributed by atoms with E-state index in [1.54, 1.807) is 19.2 Å². The molecule has 0 aromatic heterocycles. The highest BCUT2D eigenvalue weighted by molar-refractivity contribution is 5.25. The lowest BCUT2D eigenvalue weighted by Crippen LogP contribution is -2.29. The fraction of sp³-hybridized carbons (Fsp3) is 0.571. The van der Waals surface area contributed by atoms with E-state index in [9.17, 15) is 0 Å². The predicted octanol–water partition coefficient (Wildman–Crippen LogP) is 2.34. The van der Waals surface area contributed by atoms with Gasteiger partial charge >= 0.3 is 0 Å². The van der Waals surface area contributed by atoms with Gasteiger partial charge in [0.25, 0.3) is 0 Å². The standard InChI is InChI=1S/C14H23NO2/c1-14(2,17-3)9-11-15-10-8-12-4-6-13(16)7-5-12/h4-7,15-16H,8-11H2,1-3H3. The SMILES string of the molecule is COC(C)(C)CCNCCc1ccc(O)cc1. The highest BCUT2D eigenvalue weighted by Gasteiger charge is 2.14. The Hall–Kier alpha value is -1.06. The van der Waals surface area contributed by atoms with Crippen LogP contribution in [0, 0.1) is 0 Å². The van der Waals surface area contributed by atoms with Crippen molar-refractivity contribution in [3.63, 3.8) is 0 Å². The van der Waals surface area contributed by atoms with Crippen LogP contribution in [0.15, 0.2) is 24.3 Å². The van der Waals surface area contributed by atoms with Crippen LogP contribution in [-0.2, 0) is 11.2 Å². The number of nitrogens with one attached hydrogen (secondary N) is 1. The van der Waals surface area contributed by atoms with Gasteiger partial charge in [-0.15, -0.1) is 0 Å². The van der Waals surface area contributed by atoms with Crippen molar-refractivity contribution < 1.29 is 9.84 Å². The third-order valence-corrected chi connectivity index (χ3v) is 2.98. The fourth-order valence-electron chi connectivity index (χ4n) is 1.51. The van der Waals surface area contributed by atoms with Crippen molar-refractivity contribution >= 4 is 0 Å². The summed E-state index contributed by atoms with van der Waals surface area (Å²) in [6.07, 6.45) is 1.98. The quantitative estimate of drug-likeness (QED) is 0.715. The number of hydrogen-bond acceptors (Lipinski definition) is 3. The number of benzene rings is 1. The molecular weight excluding hydrogens is 214 g/mol. The molecule has 0 aliphatic rings. The second-order valence-corrected chi connectivity index (χ2v) is 4.88. The van der Waals surface area contributed by atoms with Gasteiger partial charge in [0.1, 0.15) is 5.75 Å². The Bertz CT molecular complexity index is 319. The zero-order chi connectivity index (χ0) is 12.7. The van der Waals surface area contributed by atoms with Gasteiger partial charge in [-0.1, -0.05) is 12.1 Å². The van der Waals surface area contributed by atoms with Gasteiger partial charge < -0.3 is 15.2 Å². The average Bonchev–Trinajstić information content (AvgIpc) is 2.31. The largest absolute Gasteiger partial charge is 0.508 e. The molecule has 0 unspecified atom stereocenters. The topological polar surface area (TPSA) is 41.5 Å². The molecular formula is C14H23NO2. The molecule has 0 spiro atoms. The fourth-order valence-corrected chi connectivity index (χ4v) is 1.51. The number of phenolic OH excluding ortho intramolecular Hbond substituents is 1. The van der Waals surface area contributed by atoms with Crippen molar-refractivity contribution in [3.05, 3.63) is 29.8 Å². The molecule has 0 radical (unpaired) electrons. The monoisotopic (exact) mass is 237 g/mol. The van der Waals surface area contributed by atoms with Crippen LogP contribution in [0.4, 0.5) is 0 Å². The van der Waals surface area contributed by atoms with Crippen molar-refractivity contribution in [3.8, 4) is 5.75 Å². The minimum absolute atomic E-state index is 0.0501. The molecule has 0 saturated heterocycles. The number of methoxy groups -OCH3 is 1. The van der Waals surface area contributed by atoms with Crippen molar-refractivity contribution in [1.29, 1.82) is 0 Å². The Morgan fingerprint density at radius 2 is 1.82 bits per heavy atom. The zero-order valence-corrected chi connectivity index (χ0v) is 11.0. The summed E-state index contributed by atoms with van der Waals surface area (Å²) in [5, 5.41) is 12.5. The molecule has 1 aromatic carbocycles. The van der Waals surface area contributed by atoms with Gasteiger partial charge in [-0.3, -0.25) is 0 Å². The molecule has 96 valence electrons. The summed E-state index contributed by atoms with van der Waals surface area (Å²) in [7, 11) is 1.75. The highest BCUT2D eigenvalue weighted by atomic mass is 16.5. The third kappa shape index (κ3) is 5.71. The summed E-state index contributed by atoms with van der Waals surface area (Å²) in [6.45, 7) is 6.09. The van der Waals surface area contributed by atoms with Gasteiger partial charge in [-0.2, -0.15) is 0 Å². The molecule has 0 aliphatic carbocycles. The molecule has 17 heavy (non-hydrogen) atoms. The van der Waals surface area contributed by atoms with Crippen molar-refractivity contribution in [2.24, 2.45) is 0 Å². The van der Waals surface area contributed by atoms with E-state index in [1.165, 1.54) is 5.56 Å². The molecule has 0 atom stereocenters. The van der Waals surface area contributed by atoms with Gasteiger partial charge in [0.2, 0.25) is 0 Å². The molecule has 0 heterocycles. The van der Waals surface area contributed by atoms with Crippen LogP contribution in [0.2, 0.25) is 0 Å². The van der Waals surface area contributed by atoms with Crippen LogP contribution in [0.1, 0.15) is 25.8 Å². The van der Waals surface area contributed by atoms with Crippen LogP contribution >= 0.6 is 0 Å². The minimum atomic E-state index is -0.0501. The molecule has 1 aromatic rings. The first kappa shape index (κ1) is 14.0. The van der Waals surface area contributed by atoms with E-state index < -0.39 is 0 Å². The summed E-state index contributed by atoms with van der Waals surface area (Å²) in [6, 6.07) is 7.36. The van der Waals surface area contributed by atoms with E-state index >= 15 is 0 Å². The van der Waals surface area contributed by atoms with Crippen LogP contribution in [0.3, 0.4) is 0 Å². The van der Waals surface area contributed by atoms with Gasteiger partial charge in [0.15, 0.2) is 0 Å². The summed E-state index contributed by atoms with van der Waals surface area (Å²) in [5.41, 5.74) is 1.19. The van der Waals surface area contributed by atoms with Gasteiger partial charge in [-0.05, 0) is 57.5 Å². The molecule has 0 saturated carbocycles. The first-order valence-corrected chi connectivity index (χ1v) is 6.07. The zero-order valence-electron chi connectivity index (χ0n) is 11.0. The molecule has 3 nitrogen and oxygen atoms in total. The summed E-state index contributed by atoms with van der Waals surface area (Å²) < 4.78 is 5.35. The number of phenols is 1. The number of hydrogen-bond donors (Lipinski definition) is 2. The molecule has 3 heteroatoms. The number of ether oxygens (including phenoxy) is 1. The molecule has 0 aliphatic heterocycles. The van der Waals surface area contributed by atoms with E-state index in [4.69, 9.17) is 9.84 Å². The van der Waals surface area contributed by atoms with E-state index in [2.05, 4.69) is 19.2 Å². The molecule has 0 bridgehead atoms. The smallest absolute Gasteiger partial charge is 0.115 e. The minimum Gasteiger partial charge on any atom is -0.508 e. The lowest BCUT2D eigenvalue weighted by Gasteiger charge is -2.22. The van der Waals surface area contributed by atoms with Crippen molar-refractivity contribution in [2.75, 3.05) is 20.2 Å². The predicted molar refractivity (Wildman–Crippen MR) is 70.4 cm³/mol. The second kappa shape index (κ2) is 6.62. The molecule has 0 amide bonds. The number of aromatic hydroxyl groups is 1. The maximum Gasteiger partial charge on any atom is 0.115 e. The molecule has 1 rings (SSSR count). The maximum absolute atomic E-state index is 9.15. The van der Waals surface area contributed by atoms with Crippen LogP contribution in [0.5, 0.6) is 5.75 Å². The lowest BCUT2D eigenvalue weighted by molar-refractivity contribution is 0.0159. The first-order chi connectivity index (χ1) is 8.03. The Morgan fingerprint density at radius 1 is 1.18 bits per heavy atom. The van der Waals surface area contributed by atoms with Crippen LogP contribution < -0.4 is 5.32 Å². The van der Waals surface area contributed by atoms with Crippen LogP contribution in [-0.4, -0.2) is 30.9 Å². The van der Waals surface area contributed by atoms with Gasteiger partial charge in [-0.25, -0.2) is 0 Å². The Kier molecular flexibility index (Phi) is 5.45. The van der Waals surface area contributed by atoms with E-state index in [0.717, 1.165) is 25.9 Å². The van der Waals surface area contributed by atoms with E-state index in [0.29, 0.717) is 5.75 Å². The van der Waals surface area contributed by atoms with Crippen LogP contribution in [0.25, 0.3) is 0 Å². The number of rotatable bonds is 7. The van der Waals surface area contributed by atoms with Gasteiger partial charge in [0, 0.05) is 7.11 Å². The second-order valence-electron chi connectivity index (χ2n) is 4.88. The summed E-state index contributed by atoms with van der Waals surface area (Å²) in [4.78, 5) is 0. The molecule has 2 N–H and O–H groups in total. The van der Waals surface area contributed by atoms with Gasteiger partial charge in [0.05, 0.1) is 5.60 Å². The lowest BCUT2D eigenvalue weighted by atomic mass is 10.1. The van der Waals surface area contributed by atoms with E-state index in [1.807, 2.05) is 12.1 Å². The Morgan fingerprint density at radius 3 is 2.41 bits per heavy atom. The van der Waals surface area contributed by atoms with Crippen molar-refractivity contribution in [2.45, 2.75) is 32.3 Å². The molecule has 0 fully saturated rings. The average molecular weight is 237 g/mol. The Labute approximate surface area is 104 Å². The summed E-state index contributed by atoms with van der Waals surface area (Å²) >= 11 is 0. The first-order valence-electron chi connectivity index (χ1n) is 6.07. The summed E-state index contributed by atoms with van der Waals surface area (Å²) in [5.74, 6) is 0.323. The Balaban J connectivity index is 2.14.